The van der Waals surface area contributed by atoms with Crippen molar-refractivity contribution in [2.24, 2.45) is 0 Å². The monoisotopic (exact) mass is 332 g/mol. The SMILES string of the molecule is COc1ccc(NC(=O)c2ccc(OC)c(OC)c2)c([N+](=O)[O-])c1. The van der Waals surface area contributed by atoms with Gasteiger partial charge in [0.15, 0.2) is 11.5 Å². The Balaban J connectivity index is 2.31. The standard InChI is InChI=1S/C16H16N2O6/c1-22-11-5-6-12(13(9-11)18(20)21)17-16(19)10-4-7-14(23-2)15(8-10)24-3/h4-9H,1-3H3,(H,17,19). The van der Waals surface area contributed by atoms with E-state index in [4.69, 9.17) is 14.2 Å². The van der Waals surface area contributed by atoms with Crippen molar-refractivity contribution in [3.63, 3.8) is 0 Å². The summed E-state index contributed by atoms with van der Waals surface area (Å²) in [5.41, 5.74) is 0.0847. The molecule has 2 rings (SSSR count). The minimum atomic E-state index is -0.591. The fraction of sp³-hybridized carbons (Fsp3) is 0.188. The third-order valence-electron chi connectivity index (χ3n) is 3.30. The van der Waals surface area contributed by atoms with Crippen molar-refractivity contribution >= 4 is 17.3 Å². The van der Waals surface area contributed by atoms with Crippen LogP contribution in [0.3, 0.4) is 0 Å². The lowest BCUT2D eigenvalue weighted by atomic mass is 10.1. The van der Waals surface area contributed by atoms with Crippen molar-refractivity contribution in [2.45, 2.75) is 0 Å². The number of benzene rings is 2. The van der Waals surface area contributed by atoms with Crippen LogP contribution in [0.1, 0.15) is 10.4 Å². The molecular formula is C16H16N2O6. The molecule has 0 spiro atoms. The summed E-state index contributed by atoms with van der Waals surface area (Å²) in [7, 11) is 4.34. The first kappa shape index (κ1) is 17.1. The predicted octanol–water partition coefficient (Wildman–Crippen LogP) is 2.87. The van der Waals surface area contributed by atoms with Gasteiger partial charge in [-0.15, -0.1) is 0 Å². The first-order valence-corrected chi connectivity index (χ1v) is 6.86. The normalized spacial score (nSPS) is 9.96. The quantitative estimate of drug-likeness (QED) is 0.645. The zero-order chi connectivity index (χ0) is 17.7. The third kappa shape index (κ3) is 3.54. The smallest absolute Gasteiger partial charge is 0.296 e. The molecule has 24 heavy (non-hydrogen) atoms. The maximum Gasteiger partial charge on any atom is 0.296 e. The van der Waals surface area contributed by atoms with Crippen molar-refractivity contribution in [3.05, 3.63) is 52.1 Å². The molecule has 0 fully saturated rings. The maximum absolute atomic E-state index is 12.3. The molecule has 126 valence electrons. The van der Waals surface area contributed by atoms with Crippen LogP contribution in [0.4, 0.5) is 11.4 Å². The van der Waals surface area contributed by atoms with Gasteiger partial charge in [-0.1, -0.05) is 0 Å². The van der Waals surface area contributed by atoms with Crippen LogP contribution >= 0.6 is 0 Å². The minimum Gasteiger partial charge on any atom is -0.496 e. The number of nitrogens with zero attached hydrogens (tertiary/aromatic N) is 1. The van der Waals surface area contributed by atoms with E-state index < -0.39 is 10.8 Å². The van der Waals surface area contributed by atoms with E-state index >= 15 is 0 Å². The van der Waals surface area contributed by atoms with E-state index in [1.165, 1.54) is 51.7 Å². The van der Waals surface area contributed by atoms with E-state index in [0.717, 1.165) is 0 Å². The number of rotatable bonds is 6. The topological polar surface area (TPSA) is 99.9 Å². The van der Waals surface area contributed by atoms with Gasteiger partial charge in [-0.05, 0) is 30.3 Å². The number of ether oxygens (including phenoxy) is 3. The molecule has 0 aliphatic rings. The van der Waals surface area contributed by atoms with E-state index in [0.29, 0.717) is 17.2 Å². The van der Waals surface area contributed by atoms with Gasteiger partial charge in [-0.3, -0.25) is 14.9 Å². The zero-order valence-corrected chi connectivity index (χ0v) is 13.4. The van der Waals surface area contributed by atoms with Gasteiger partial charge >= 0.3 is 0 Å². The Hall–Kier alpha value is -3.29. The van der Waals surface area contributed by atoms with Gasteiger partial charge in [0.25, 0.3) is 11.6 Å². The number of nitro benzene ring substituents is 1. The summed E-state index contributed by atoms with van der Waals surface area (Å²) in [5.74, 6) is 0.675. The lowest BCUT2D eigenvalue weighted by Crippen LogP contribution is -2.13. The Morgan fingerprint density at radius 1 is 1.00 bits per heavy atom. The highest BCUT2D eigenvalue weighted by Gasteiger charge is 2.18. The zero-order valence-electron chi connectivity index (χ0n) is 13.4. The summed E-state index contributed by atoms with van der Waals surface area (Å²) >= 11 is 0. The van der Waals surface area contributed by atoms with Crippen molar-refractivity contribution in [1.82, 2.24) is 0 Å². The molecule has 0 radical (unpaired) electrons. The molecule has 1 N–H and O–H groups in total. The fourth-order valence-electron chi connectivity index (χ4n) is 2.07. The second kappa shape index (κ2) is 7.32. The summed E-state index contributed by atoms with van der Waals surface area (Å²) in [4.78, 5) is 22.9. The molecule has 8 nitrogen and oxygen atoms in total. The van der Waals surface area contributed by atoms with Crippen molar-refractivity contribution in [1.29, 1.82) is 0 Å². The molecule has 2 aromatic carbocycles. The molecular weight excluding hydrogens is 316 g/mol. The van der Waals surface area contributed by atoms with Gasteiger partial charge in [-0.25, -0.2) is 0 Å². The number of methoxy groups -OCH3 is 3. The summed E-state index contributed by atoms with van der Waals surface area (Å²) in [5, 5.41) is 13.7. The largest absolute Gasteiger partial charge is 0.496 e. The number of amides is 1. The highest BCUT2D eigenvalue weighted by atomic mass is 16.6. The number of hydrogen-bond acceptors (Lipinski definition) is 6. The van der Waals surface area contributed by atoms with Crippen LogP contribution in [0, 0.1) is 10.1 Å². The maximum atomic E-state index is 12.3. The molecule has 2 aromatic rings. The van der Waals surface area contributed by atoms with Crippen LogP contribution in [0.5, 0.6) is 17.2 Å². The Morgan fingerprint density at radius 2 is 1.71 bits per heavy atom. The highest BCUT2D eigenvalue weighted by molar-refractivity contribution is 6.05. The average molecular weight is 332 g/mol. The molecule has 8 heteroatoms. The lowest BCUT2D eigenvalue weighted by molar-refractivity contribution is -0.384. The first-order chi connectivity index (χ1) is 11.5. The second-order valence-electron chi connectivity index (χ2n) is 4.66. The van der Waals surface area contributed by atoms with Crippen LogP contribution < -0.4 is 19.5 Å². The van der Waals surface area contributed by atoms with E-state index in [-0.39, 0.29) is 16.9 Å². The van der Waals surface area contributed by atoms with E-state index in [9.17, 15) is 14.9 Å². The number of nitrogens with one attached hydrogen (secondary N) is 1. The van der Waals surface area contributed by atoms with Gasteiger partial charge < -0.3 is 19.5 Å². The molecule has 0 aliphatic heterocycles. The van der Waals surface area contributed by atoms with Gasteiger partial charge in [0.1, 0.15) is 11.4 Å². The molecule has 1 amide bonds. The van der Waals surface area contributed by atoms with Crippen LogP contribution in [0.2, 0.25) is 0 Å². The molecule has 0 heterocycles. The molecule has 0 unspecified atom stereocenters. The fourth-order valence-corrected chi connectivity index (χ4v) is 2.07. The number of carbonyl (C=O) groups is 1. The Bertz CT molecular complexity index is 775. The first-order valence-electron chi connectivity index (χ1n) is 6.86. The molecule has 0 aliphatic carbocycles. The minimum absolute atomic E-state index is 0.0700. The molecule has 0 saturated carbocycles. The van der Waals surface area contributed by atoms with E-state index in [1.807, 2.05) is 0 Å². The Kier molecular flexibility index (Phi) is 5.20. The summed E-state index contributed by atoms with van der Waals surface area (Å²) in [6.07, 6.45) is 0. The molecule has 0 bridgehead atoms. The van der Waals surface area contributed by atoms with Crippen molar-refractivity contribution < 1.29 is 23.9 Å². The van der Waals surface area contributed by atoms with Gasteiger partial charge in [-0.2, -0.15) is 0 Å². The van der Waals surface area contributed by atoms with Gasteiger partial charge in [0.05, 0.1) is 32.3 Å². The Morgan fingerprint density at radius 3 is 2.29 bits per heavy atom. The summed E-state index contributed by atoms with van der Waals surface area (Å²) in [6, 6.07) is 8.78. The molecule has 0 atom stereocenters. The van der Waals surface area contributed by atoms with Crippen LogP contribution in [0.25, 0.3) is 0 Å². The number of carbonyl (C=O) groups excluding carboxylic acids is 1. The third-order valence-corrected chi connectivity index (χ3v) is 3.30. The summed E-state index contributed by atoms with van der Waals surface area (Å²) < 4.78 is 15.2. The van der Waals surface area contributed by atoms with Crippen LogP contribution in [-0.2, 0) is 0 Å². The van der Waals surface area contributed by atoms with Crippen LogP contribution in [0.15, 0.2) is 36.4 Å². The van der Waals surface area contributed by atoms with E-state index in [2.05, 4.69) is 5.32 Å². The van der Waals surface area contributed by atoms with Gasteiger partial charge in [0, 0.05) is 5.56 Å². The Labute approximate surface area is 138 Å². The lowest BCUT2D eigenvalue weighted by Gasteiger charge is -2.10. The predicted molar refractivity (Wildman–Crippen MR) is 87.1 cm³/mol. The number of hydrogen-bond donors (Lipinski definition) is 1. The van der Waals surface area contributed by atoms with E-state index in [1.54, 1.807) is 6.07 Å². The van der Waals surface area contributed by atoms with Gasteiger partial charge in [0.2, 0.25) is 0 Å². The molecule has 0 aromatic heterocycles. The average Bonchev–Trinajstić information content (AvgIpc) is 2.61. The van der Waals surface area contributed by atoms with Crippen molar-refractivity contribution in [3.8, 4) is 17.2 Å². The second-order valence-corrected chi connectivity index (χ2v) is 4.66. The summed E-state index contributed by atoms with van der Waals surface area (Å²) in [6.45, 7) is 0. The van der Waals surface area contributed by atoms with Crippen molar-refractivity contribution in [2.75, 3.05) is 26.6 Å². The number of anilines is 1. The molecule has 0 saturated heterocycles. The highest BCUT2D eigenvalue weighted by Crippen LogP contribution is 2.31. The number of nitro groups is 1. The van der Waals surface area contributed by atoms with Crippen LogP contribution in [-0.4, -0.2) is 32.2 Å².